The molecule has 0 saturated carbocycles. The molecule has 0 unspecified atom stereocenters. The summed E-state index contributed by atoms with van der Waals surface area (Å²) in [7, 11) is 0. The molecule has 1 aromatic rings. The Balaban J connectivity index is 2.07. The lowest BCUT2D eigenvalue weighted by atomic mass is 10.1. The van der Waals surface area contributed by atoms with Crippen LogP contribution < -0.4 is 10.2 Å². The molecule has 1 atom stereocenters. The molecular formula is C16H20N2O4. The SMILES string of the molecule is CC(=O)N1CCC[C@@H](Oc2ccccc2C=CC(=O)NO)C1. The second-order valence-corrected chi connectivity index (χ2v) is 5.19. The Morgan fingerprint density at radius 2 is 2.18 bits per heavy atom. The van der Waals surface area contributed by atoms with Gasteiger partial charge in [0.05, 0.1) is 6.54 Å². The number of benzene rings is 1. The number of hydroxylamine groups is 1. The van der Waals surface area contributed by atoms with E-state index in [0.717, 1.165) is 24.9 Å². The Labute approximate surface area is 129 Å². The molecule has 0 bridgehead atoms. The maximum absolute atomic E-state index is 11.5. The summed E-state index contributed by atoms with van der Waals surface area (Å²) in [5, 5.41) is 8.50. The van der Waals surface area contributed by atoms with Crippen LogP contribution in [-0.2, 0) is 9.59 Å². The third-order valence-electron chi connectivity index (χ3n) is 3.56. The van der Waals surface area contributed by atoms with E-state index >= 15 is 0 Å². The van der Waals surface area contributed by atoms with Crippen LogP contribution in [0, 0.1) is 0 Å². The van der Waals surface area contributed by atoms with E-state index in [-0.39, 0.29) is 12.0 Å². The predicted octanol–water partition coefficient (Wildman–Crippen LogP) is 1.59. The third-order valence-corrected chi connectivity index (χ3v) is 3.56. The van der Waals surface area contributed by atoms with Gasteiger partial charge in [-0.05, 0) is 25.0 Å². The third kappa shape index (κ3) is 4.33. The molecule has 0 aromatic heterocycles. The highest BCUT2D eigenvalue weighted by Crippen LogP contribution is 2.23. The molecule has 1 fully saturated rings. The van der Waals surface area contributed by atoms with Crippen molar-refractivity contribution in [3.63, 3.8) is 0 Å². The number of ether oxygens (including phenoxy) is 1. The van der Waals surface area contributed by atoms with Crippen molar-refractivity contribution < 1.29 is 19.5 Å². The average Bonchev–Trinajstić information content (AvgIpc) is 2.54. The van der Waals surface area contributed by atoms with Gasteiger partial charge in [0.15, 0.2) is 0 Å². The lowest BCUT2D eigenvalue weighted by Gasteiger charge is -2.32. The number of carbonyl (C=O) groups is 2. The van der Waals surface area contributed by atoms with Gasteiger partial charge in [-0.3, -0.25) is 14.8 Å². The van der Waals surface area contributed by atoms with Crippen molar-refractivity contribution in [1.82, 2.24) is 10.4 Å². The van der Waals surface area contributed by atoms with Crippen molar-refractivity contribution in [2.45, 2.75) is 25.9 Å². The van der Waals surface area contributed by atoms with E-state index in [1.165, 1.54) is 6.08 Å². The quantitative estimate of drug-likeness (QED) is 0.503. The minimum atomic E-state index is -0.602. The first-order valence-electron chi connectivity index (χ1n) is 7.23. The number of hydrogen-bond acceptors (Lipinski definition) is 4. The molecule has 22 heavy (non-hydrogen) atoms. The first-order chi connectivity index (χ1) is 10.6. The summed E-state index contributed by atoms with van der Waals surface area (Å²) in [5.74, 6) is 0.108. The fraction of sp³-hybridized carbons (Fsp3) is 0.375. The molecule has 2 amide bonds. The fourth-order valence-corrected chi connectivity index (χ4v) is 2.43. The molecule has 1 heterocycles. The maximum atomic E-state index is 11.5. The van der Waals surface area contributed by atoms with Gasteiger partial charge in [0.2, 0.25) is 5.91 Å². The summed E-state index contributed by atoms with van der Waals surface area (Å²) in [4.78, 5) is 24.3. The van der Waals surface area contributed by atoms with Crippen LogP contribution in [0.3, 0.4) is 0 Å². The Hall–Kier alpha value is -2.34. The summed E-state index contributed by atoms with van der Waals surface area (Å²) in [5.41, 5.74) is 2.29. The first-order valence-corrected chi connectivity index (χ1v) is 7.23. The summed E-state index contributed by atoms with van der Waals surface area (Å²) in [6.07, 6.45) is 4.55. The van der Waals surface area contributed by atoms with Gasteiger partial charge in [0.25, 0.3) is 5.91 Å². The molecule has 6 nitrogen and oxygen atoms in total. The zero-order valence-electron chi connectivity index (χ0n) is 12.5. The smallest absolute Gasteiger partial charge is 0.267 e. The molecule has 2 N–H and O–H groups in total. The van der Waals surface area contributed by atoms with E-state index < -0.39 is 5.91 Å². The van der Waals surface area contributed by atoms with Gasteiger partial charge in [-0.15, -0.1) is 0 Å². The number of rotatable bonds is 4. The average molecular weight is 304 g/mol. The highest BCUT2D eigenvalue weighted by Gasteiger charge is 2.23. The number of nitrogens with one attached hydrogen (secondary N) is 1. The molecular weight excluding hydrogens is 284 g/mol. The Kier molecular flexibility index (Phi) is 5.55. The van der Waals surface area contributed by atoms with E-state index in [1.807, 2.05) is 24.3 Å². The minimum Gasteiger partial charge on any atom is -0.488 e. The molecule has 0 aliphatic carbocycles. The van der Waals surface area contributed by atoms with Crippen molar-refractivity contribution in [3.05, 3.63) is 35.9 Å². The number of amides is 2. The molecule has 2 rings (SSSR count). The van der Waals surface area contributed by atoms with Crippen LogP contribution in [0.25, 0.3) is 6.08 Å². The topological polar surface area (TPSA) is 78.9 Å². The molecule has 118 valence electrons. The van der Waals surface area contributed by atoms with Crippen LogP contribution in [0.2, 0.25) is 0 Å². The van der Waals surface area contributed by atoms with Gasteiger partial charge in [-0.1, -0.05) is 18.2 Å². The number of likely N-dealkylation sites (tertiary alicyclic amines) is 1. The molecule has 0 spiro atoms. The molecule has 1 aliphatic rings. The second kappa shape index (κ2) is 7.61. The predicted molar refractivity (Wildman–Crippen MR) is 81.3 cm³/mol. The minimum absolute atomic E-state index is 0.0566. The Morgan fingerprint density at radius 1 is 1.41 bits per heavy atom. The van der Waals surface area contributed by atoms with Crippen LogP contribution in [-0.4, -0.2) is 41.1 Å². The van der Waals surface area contributed by atoms with E-state index in [4.69, 9.17) is 9.94 Å². The number of para-hydroxylation sites is 1. The van der Waals surface area contributed by atoms with Gasteiger partial charge in [0.1, 0.15) is 11.9 Å². The number of nitrogens with zero attached hydrogens (tertiary/aromatic N) is 1. The van der Waals surface area contributed by atoms with Crippen molar-refractivity contribution in [2.24, 2.45) is 0 Å². The lowest BCUT2D eigenvalue weighted by Crippen LogP contribution is -2.43. The zero-order valence-corrected chi connectivity index (χ0v) is 12.5. The maximum Gasteiger partial charge on any atom is 0.267 e. The van der Waals surface area contributed by atoms with Gasteiger partial charge < -0.3 is 9.64 Å². The van der Waals surface area contributed by atoms with Crippen LogP contribution in [0.15, 0.2) is 30.3 Å². The lowest BCUT2D eigenvalue weighted by molar-refractivity contribution is -0.131. The van der Waals surface area contributed by atoms with Gasteiger partial charge in [-0.25, -0.2) is 5.48 Å². The molecule has 6 heteroatoms. The van der Waals surface area contributed by atoms with E-state index in [2.05, 4.69) is 0 Å². The normalized spacial score (nSPS) is 18.3. The van der Waals surface area contributed by atoms with E-state index in [1.54, 1.807) is 23.4 Å². The summed E-state index contributed by atoms with van der Waals surface area (Å²) in [6, 6.07) is 7.34. The van der Waals surface area contributed by atoms with Crippen molar-refractivity contribution in [1.29, 1.82) is 0 Å². The molecule has 0 radical (unpaired) electrons. The summed E-state index contributed by atoms with van der Waals surface area (Å²) < 4.78 is 5.99. The van der Waals surface area contributed by atoms with Gasteiger partial charge >= 0.3 is 0 Å². The van der Waals surface area contributed by atoms with E-state index in [9.17, 15) is 9.59 Å². The van der Waals surface area contributed by atoms with Crippen LogP contribution >= 0.6 is 0 Å². The molecule has 1 aromatic carbocycles. The van der Waals surface area contributed by atoms with Crippen molar-refractivity contribution in [2.75, 3.05) is 13.1 Å². The van der Waals surface area contributed by atoms with Crippen LogP contribution in [0.4, 0.5) is 0 Å². The second-order valence-electron chi connectivity index (χ2n) is 5.19. The van der Waals surface area contributed by atoms with Crippen molar-refractivity contribution >= 4 is 17.9 Å². The molecule has 1 aliphatic heterocycles. The summed E-state index contributed by atoms with van der Waals surface area (Å²) in [6.45, 7) is 2.91. The van der Waals surface area contributed by atoms with Crippen LogP contribution in [0.5, 0.6) is 5.75 Å². The Morgan fingerprint density at radius 3 is 2.91 bits per heavy atom. The Bertz CT molecular complexity index is 571. The number of carbonyl (C=O) groups excluding carboxylic acids is 2. The van der Waals surface area contributed by atoms with Gasteiger partial charge in [0, 0.05) is 25.1 Å². The summed E-state index contributed by atoms with van der Waals surface area (Å²) >= 11 is 0. The van der Waals surface area contributed by atoms with Gasteiger partial charge in [-0.2, -0.15) is 0 Å². The first kappa shape index (κ1) is 16.0. The van der Waals surface area contributed by atoms with Crippen molar-refractivity contribution in [3.8, 4) is 5.75 Å². The highest BCUT2D eigenvalue weighted by molar-refractivity contribution is 5.91. The monoisotopic (exact) mass is 304 g/mol. The van der Waals surface area contributed by atoms with E-state index in [0.29, 0.717) is 12.3 Å². The van der Waals surface area contributed by atoms with Crippen LogP contribution in [0.1, 0.15) is 25.3 Å². The largest absolute Gasteiger partial charge is 0.488 e. The zero-order chi connectivity index (χ0) is 15.9. The standard InChI is InChI=1S/C16H20N2O4/c1-12(19)18-10-4-6-14(11-18)22-15-7-3-2-5-13(15)8-9-16(20)17-21/h2-3,5,7-9,14,21H,4,6,10-11H2,1H3,(H,17,20)/t14-/m1/s1. The number of piperidine rings is 1. The highest BCUT2D eigenvalue weighted by atomic mass is 16.5. The fourth-order valence-electron chi connectivity index (χ4n) is 2.43. The number of hydrogen-bond donors (Lipinski definition) is 2. The molecule has 1 saturated heterocycles.